The number of aromatic nitrogens is 1. The van der Waals surface area contributed by atoms with Crippen LogP contribution >= 0.6 is 0 Å². The second-order valence-corrected chi connectivity index (χ2v) is 4.21. The van der Waals surface area contributed by atoms with E-state index in [4.69, 9.17) is 0 Å². The first-order chi connectivity index (χ1) is 7.97. The number of nitrogens with zero attached hydrogens (tertiary/aromatic N) is 2. The Bertz CT molecular complexity index is 371. The lowest BCUT2D eigenvalue weighted by molar-refractivity contribution is -0.137. The van der Waals surface area contributed by atoms with Gasteiger partial charge in [0.25, 0.3) is 0 Å². The highest BCUT2D eigenvalue weighted by molar-refractivity contribution is 5.16. The van der Waals surface area contributed by atoms with Crippen molar-refractivity contribution in [2.75, 3.05) is 7.05 Å². The molecule has 0 atom stereocenters. The normalized spacial score (nSPS) is 16.5. The van der Waals surface area contributed by atoms with Crippen LogP contribution in [0.1, 0.15) is 24.1 Å². The van der Waals surface area contributed by atoms with Gasteiger partial charge >= 0.3 is 6.18 Å². The molecule has 6 heteroatoms. The molecular weight excluding hydrogens is 231 g/mol. The van der Waals surface area contributed by atoms with E-state index < -0.39 is 11.7 Å². The summed E-state index contributed by atoms with van der Waals surface area (Å²) in [6.07, 6.45) is -1.11. The Labute approximate surface area is 97.6 Å². The molecule has 94 valence electrons. The second kappa shape index (κ2) is 4.62. The van der Waals surface area contributed by atoms with Crippen molar-refractivity contribution in [1.29, 1.82) is 0 Å². The van der Waals surface area contributed by atoms with Gasteiger partial charge in [0.1, 0.15) is 0 Å². The second-order valence-electron chi connectivity index (χ2n) is 4.21. The Morgan fingerprint density at radius 1 is 1.41 bits per heavy atom. The van der Waals surface area contributed by atoms with Gasteiger partial charge in [-0.15, -0.1) is 0 Å². The summed E-state index contributed by atoms with van der Waals surface area (Å²) in [5.41, 5.74) is 3.00. The molecular formula is C11H14F3N3. The number of hydrogen-bond donors (Lipinski definition) is 1. The minimum absolute atomic E-state index is 0.450. The van der Waals surface area contributed by atoms with Crippen LogP contribution in [0, 0.1) is 0 Å². The van der Waals surface area contributed by atoms with Crippen LogP contribution in [-0.2, 0) is 12.7 Å². The number of alkyl halides is 3. The third-order valence-electron chi connectivity index (χ3n) is 2.76. The quantitative estimate of drug-likeness (QED) is 0.824. The summed E-state index contributed by atoms with van der Waals surface area (Å²) in [4.78, 5) is 3.79. The van der Waals surface area contributed by atoms with Crippen LogP contribution in [0.3, 0.4) is 0 Å². The van der Waals surface area contributed by atoms with Crippen LogP contribution < -0.4 is 5.43 Å². The van der Waals surface area contributed by atoms with Crippen LogP contribution in [0.4, 0.5) is 13.2 Å². The van der Waals surface area contributed by atoms with Gasteiger partial charge in [0.2, 0.25) is 0 Å². The molecule has 2 rings (SSSR count). The summed E-state index contributed by atoms with van der Waals surface area (Å²) in [6, 6.07) is 3.02. The fourth-order valence-corrected chi connectivity index (χ4v) is 1.49. The average molecular weight is 245 g/mol. The smallest absolute Gasteiger partial charge is 0.259 e. The molecule has 1 aliphatic carbocycles. The molecule has 0 amide bonds. The third-order valence-corrected chi connectivity index (χ3v) is 2.76. The highest BCUT2D eigenvalue weighted by Gasteiger charge is 2.30. The molecule has 1 aliphatic rings. The standard InChI is InChI=1S/C11H14F3N3/c1-17(10-4-5-10)16-7-9-3-2-8(6-15-9)11(12,13)14/h2-3,6,10,16H,4-5,7H2,1H3. The van der Waals surface area contributed by atoms with E-state index in [2.05, 4.69) is 10.4 Å². The first kappa shape index (κ1) is 12.3. The first-order valence-electron chi connectivity index (χ1n) is 5.45. The van der Waals surface area contributed by atoms with E-state index in [9.17, 15) is 13.2 Å². The SMILES string of the molecule is CN(NCc1ccc(C(F)(F)F)cn1)C1CC1. The molecule has 1 heterocycles. The molecule has 1 fully saturated rings. The van der Waals surface area contributed by atoms with Gasteiger partial charge in [0.05, 0.1) is 17.8 Å². The van der Waals surface area contributed by atoms with Crippen LogP contribution in [0.15, 0.2) is 18.3 Å². The molecule has 0 aliphatic heterocycles. The maximum atomic E-state index is 12.3. The number of rotatable bonds is 4. The maximum Gasteiger partial charge on any atom is 0.417 e. The van der Waals surface area contributed by atoms with Gasteiger partial charge in [0, 0.05) is 19.3 Å². The number of hydrazine groups is 1. The predicted octanol–water partition coefficient (Wildman–Crippen LogP) is 2.20. The lowest BCUT2D eigenvalue weighted by Gasteiger charge is -2.17. The van der Waals surface area contributed by atoms with E-state index in [0.717, 1.165) is 12.3 Å². The van der Waals surface area contributed by atoms with Crippen molar-refractivity contribution < 1.29 is 13.2 Å². The topological polar surface area (TPSA) is 28.2 Å². The highest BCUT2D eigenvalue weighted by atomic mass is 19.4. The van der Waals surface area contributed by atoms with Crippen LogP contribution in [0.5, 0.6) is 0 Å². The molecule has 0 aromatic carbocycles. The summed E-state index contributed by atoms with van der Waals surface area (Å²) >= 11 is 0. The van der Waals surface area contributed by atoms with Crippen molar-refractivity contribution in [2.24, 2.45) is 0 Å². The van der Waals surface area contributed by atoms with Crippen LogP contribution in [0.25, 0.3) is 0 Å². The maximum absolute atomic E-state index is 12.3. The summed E-state index contributed by atoms with van der Waals surface area (Å²) in [7, 11) is 1.93. The van der Waals surface area contributed by atoms with Crippen LogP contribution in [-0.4, -0.2) is 23.1 Å². The third kappa shape index (κ3) is 3.41. The van der Waals surface area contributed by atoms with E-state index in [1.165, 1.54) is 18.9 Å². The average Bonchev–Trinajstić information content (AvgIpc) is 3.09. The number of pyridine rings is 1. The minimum atomic E-state index is -4.32. The van der Waals surface area contributed by atoms with Crippen molar-refractivity contribution in [1.82, 2.24) is 15.4 Å². The van der Waals surface area contributed by atoms with E-state index in [0.29, 0.717) is 18.3 Å². The van der Waals surface area contributed by atoms with Crippen molar-refractivity contribution in [3.05, 3.63) is 29.6 Å². The van der Waals surface area contributed by atoms with Gasteiger partial charge in [-0.2, -0.15) is 13.2 Å². The van der Waals surface area contributed by atoms with Crippen molar-refractivity contribution in [2.45, 2.75) is 31.6 Å². The Morgan fingerprint density at radius 3 is 2.59 bits per heavy atom. The van der Waals surface area contributed by atoms with Crippen LogP contribution in [0.2, 0.25) is 0 Å². The largest absolute Gasteiger partial charge is 0.417 e. The van der Waals surface area contributed by atoms with E-state index in [1.807, 2.05) is 12.1 Å². The zero-order valence-electron chi connectivity index (χ0n) is 9.46. The van der Waals surface area contributed by atoms with Crippen molar-refractivity contribution in [3.8, 4) is 0 Å². The molecule has 0 radical (unpaired) electrons. The number of nitrogens with one attached hydrogen (secondary N) is 1. The molecule has 0 bridgehead atoms. The Balaban J connectivity index is 1.89. The van der Waals surface area contributed by atoms with Gasteiger partial charge in [-0.1, -0.05) is 0 Å². The first-order valence-corrected chi connectivity index (χ1v) is 5.45. The van der Waals surface area contributed by atoms with E-state index in [1.54, 1.807) is 0 Å². The fraction of sp³-hybridized carbons (Fsp3) is 0.545. The lowest BCUT2D eigenvalue weighted by atomic mass is 10.2. The molecule has 0 spiro atoms. The Kier molecular flexibility index (Phi) is 3.35. The summed E-state index contributed by atoms with van der Waals surface area (Å²) in [6.45, 7) is 0.450. The zero-order chi connectivity index (χ0) is 12.5. The zero-order valence-corrected chi connectivity index (χ0v) is 9.46. The van der Waals surface area contributed by atoms with E-state index in [-0.39, 0.29) is 0 Å². The van der Waals surface area contributed by atoms with Gasteiger partial charge in [-0.25, -0.2) is 10.4 Å². The fourth-order valence-electron chi connectivity index (χ4n) is 1.49. The predicted molar refractivity (Wildman–Crippen MR) is 56.9 cm³/mol. The molecule has 1 aromatic rings. The molecule has 1 saturated carbocycles. The summed E-state index contributed by atoms with van der Waals surface area (Å²) < 4.78 is 36.9. The molecule has 0 saturated heterocycles. The summed E-state index contributed by atoms with van der Waals surface area (Å²) in [5.74, 6) is 0. The molecule has 17 heavy (non-hydrogen) atoms. The number of hydrogen-bond acceptors (Lipinski definition) is 3. The Hall–Kier alpha value is -1.14. The van der Waals surface area contributed by atoms with Gasteiger partial charge < -0.3 is 0 Å². The van der Waals surface area contributed by atoms with Gasteiger partial charge in [-0.05, 0) is 25.0 Å². The monoisotopic (exact) mass is 245 g/mol. The van der Waals surface area contributed by atoms with Crippen molar-refractivity contribution in [3.63, 3.8) is 0 Å². The molecule has 3 nitrogen and oxygen atoms in total. The highest BCUT2D eigenvalue weighted by Crippen LogP contribution is 2.28. The van der Waals surface area contributed by atoms with Gasteiger partial charge in [0.15, 0.2) is 0 Å². The molecule has 1 aromatic heterocycles. The summed E-state index contributed by atoms with van der Waals surface area (Å²) in [5, 5.41) is 1.99. The Morgan fingerprint density at radius 2 is 2.12 bits per heavy atom. The minimum Gasteiger partial charge on any atom is -0.259 e. The lowest BCUT2D eigenvalue weighted by Crippen LogP contribution is -2.35. The van der Waals surface area contributed by atoms with Crippen molar-refractivity contribution >= 4 is 0 Å². The number of halogens is 3. The molecule has 0 unspecified atom stereocenters. The van der Waals surface area contributed by atoms with E-state index >= 15 is 0 Å². The molecule has 1 N–H and O–H groups in total. The van der Waals surface area contributed by atoms with Gasteiger partial charge in [-0.3, -0.25) is 4.98 Å².